The summed E-state index contributed by atoms with van der Waals surface area (Å²) in [6.45, 7) is -0.188. The van der Waals surface area contributed by atoms with E-state index in [0.29, 0.717) is 20.7 Å². The summed E-state index contributed by atoms with van der Waals surface area (Å²) < 4.78 is 27.5. The fourth-order valence-corrected chi connectivity index (χ4v) is 4.27. The molecule has 0 saturated heterocycles. The van der Waals surface area contributed by atoms with Crippen molar-refractivity contribution >= 4 is 54.6 Å². The number of hydrogen-bond acceptors (Lipinski definition) is 4. The second-order valence-electron chi connectivity index (χ2n) is 3.66. The van der Waals surface area contributed by atoms with E-state index in [1.54, 1.807) is 17.5 Å². The molecule has 0 saturated carbocycles. The Morgan fingerprint density at radius 3 is 2.74 bits per heavy atom. The number of aliphatic hydroxyl groups is 1. The lowest BCUT2D eigenvalue weighted by atomic mass is 10.3. The van der Waals surface area contributed by atoms with Crippen LogP contribution in [0.5, 0.6) is 0 Å². The fourth-order valence-electron chi connectivity index (χ4n) is 1.35. The molecule has 0 atom stereocenters. The van der Waals surface area contributed by atoms with E-state index in [0.717, 1.165) is 11.3 Å². The molecule has 1 heterocycles. The van der Waals surface area contributed by atoms with Crippen LogP contribution in [-0.2, 0) is 16.6 Å². The Balaban J connectivity index is 2.33. The first kappa shape index (κ1) is 14.8. The molecule has 0 fully saturated rings. The van der Waals surface area contributed by atoms with Crippen LogP contribution in [0.25, 0.3) is 0 Å². The molecule has 0 aliphatic carbocycles. The molecule has 2 rings (SSSR count). The zero-order chi connectivity index (χ0) is 14.0. The van der Waals surface area contributed by atoms with Crippen LogP contribution < -0.4 is 4.72 Å². The first-order valence-corrected chi connectivity index (χ1v) is 8.62. The highest BCUT2D eigenvalue weighted by molar-refractivity contribution is 9.10. The second-order valence-corrected chi connectivity index (χ2v) is 7.77. The smallest absolute Gasteiger partial charge is 0.271 e. The van der Waals surface area contributed by atoms with E-state index in [9.17, 15) is 8.42 Å². The zero-order valence-corrected chi connectivity index (χ0v) is 13.4. The predicted octanol–water partition coefficient (Wildman–Crippen LogP) is 3.46. The number of nitrogens with one attached hydrogen (secondary N) is 1. The van der Waals surface area contributed by atoms with Gasteiger partial charge in [-0.1, -0.05) is 11.6 Å². The third-order valence-electron chi connectivity index (χ3n) is 2.25. The Morgan fingerprint density at radius 1 is 1.37 bits per heavy atom. The Bertz CT molecular complexity index is 700. The van der Waals surface area contributed by atoms with Gasteiger partial charge in [-0.15, -0.1) is 11.3 Å². The minimum Gasteiger partial charge on any atom is -0.392 e. The molecule has 8 heteroatoms. The average Bonchev–Trinajstić information content (AvgIpc) is 2.83. The lowest BCUT2D eigenvalue weighted by Gasteiger charge is -2.08. The quantitative estimate of drug-likeness (QED) is 0.851. The zero-order valence-electron chi connectivity index (χ0n) is 9.43. The van der Waals surface area contributed by atoms with Gasteiger partial charge in [0.2, 0.25) is 0 Å². The lowest BCUT2D eigenvalue weighted by Crippen LogP contribution is -2.11. The van der Waals surface area contributed by atoms with E-state index in [1.165, 1.54) is 12.1 Å². The second kappa shape index (κ2) is 5.80. The Kier molecular flexibility index (Phi) is 4.52. The molecule has 4 nitrogen and oxygen atoms in total. The summed E-state index contributed by atoms with van der Waals surface area (Å²) in [6, 6.07) is 6.27. The van der Waals surface area contributed by atoms with Crippen molar-refractivity contribution in [3.05, 3.63) is 44.7 Å². The maximum Gasteiger partial charge on any atom is 0.271 e. The van der Waals surface area contributed by atoms with Crippen LogP contribution >= 0.6 is 38.9 Å². The molecule has 0 radical (unpaired) electrons. The third kappa shape index (κ3) is 3.49. The average molecular weight is 383 g/mol. The highest BCUT2D eigenvalue weighted by Gasteiger charge is 2.18. The Labute approximate surface area is 128 Å². The van der Waals surface area contributed by atoms with Crippen LogP contribution in [0.4, 0.5) is 5.69 Å². The first-order valence-electron chi connectivity index (χ1n) is 5.08. The summed E-state index contributed by atoms with van der Waals surface area (Å²) in [6.07, 6.45) is 0. The van der Waals surface area contributed by atoms with E-state index in [2.05, 4.69) is 20.7 Å². The van der Waals surface area contributed by atoms with Crippen LogP contribution in [-0.4, -0.2) is 13.5 Å². The molecule has 0 bridgehead atoms. The molecular weight excluding hydrogens is 374 g/mol. The Hall–Kier alpha value is -0.600. The van der Waals surface area contributed by atoms with Crippen molar-refractivity contribution in [3.63, 3.8) is 0 Å². The van der Waals surface area contributed by atoms with Crippen molar-refractivity contribution in [3.8, 4) is 0 Å². The van der Waals surface area contributed by atoms with Gasteiger partial charge in [-0.3, -0.25) is 4.72 Å². The van der Waals surface area contributed by atoms with E-state index in [-0.39, 0.29) is 10.8 Å². The topological polar surface area (TPSA) is 66.4 Å². The maximum absolute atomic E-state index is 12.1. The number of benzene rings is 1. The largest absolute Gasteiger partial charge is 0.392 e. The summed E-state index contributed by atoms with van der Waals surface area (Å²) >= 11 is 10.1. The van der Waals surface area contributed by atoms with E-state index in [4.69, 9.17) is 16.7 Å². The van der Waals surface area contributed by atoms with Gasteiger partial charge in [-0.2, -0.15) is 0 Å². The van der Waals surface area contributed by atoms with Gasteiger partial charge in [0.25, 0.3) is 10.0 Å². The minimum absolute atomic E-state index is 0.142. The van der Waals surface area contributed by atoms with Gasteiger partial charge in [-0.05, 0) is 51.1 Å². The highest BCUT2D eigenvalue weighted by atomic mass is 79.9. The van der Waals surface area contributed by atoms with Crippen LogP contribution in [0.1, 0.15) is 5.56 Å². The van der Waals surface area contributed by atoms with E-state index >= 15 is 0 Å². The number of thiophene rings is 1. The van der Waals surface area contributed by atoms with Crippen molar-refractivity contribution in [1.82, 2.24) is 0 Å². The molecule has 1 aromatic heterocycles. The number of hydrogen-bond donors (Lipinski definition) is 2. The van der Waals surface area contributed by atoms with E-state index < -0.39 is 10.0 Å². The molecule has 1 aromatic carbocycles. The van der Waals surface area contributed by atoms with Crippen molar-refractivity contribution in [2.45, 2.75) is 10.8 Å². The van der Waals surface area contributed by atoms with Crippen LogP contribution in [0.2, 0.25) is 5.02 Å². The van der Waals surface area contributed by atoms with Crippen molar-refractivity contribution in [1.29, 1.82) is 0 Å². The van der Waals surface area contributed by atoms with Gasteiger partial charge in [0.15, 0.2) is 0 Å². The lowest BCUT2D eigenvalue weighted by molar-refractivity contribution is 0.282. The number of aliphatic hydroxyl groups excluding tert-OH is 1. The third-order valence-corrected chi connectivity index (χ3v) is 6.03. The fraction of sp³-hybridized carbons (Fsp3) is 0.0909. The van der Waals surface area contributed by atoms with Crippen LogP contribution in [0, 0.1) is 0 Å². The van der Waals surface area contributed by atoms with Gasteiger partial charge in [0.05, 0.1) is 12.3 Å². The molecule has 2 N–H and O–H groups in total. The number of halogens is 2. The molecule has 0 aliphatic heterocycles. The van der Waals surface area contributed by atoms with Gasteiger partial charge >= 0.3 is 0 Å². The highest BCUT2D eigenvalue weighted by Crippen LogP contribution is 2.29. The Morgan fingerprint density at radius 2 is 2.11 bits per heavy atom. The number of sulfonamides is 1. The summed E-state index contributed by atoms with van der Waals surface area (Å²) in [5, 5.41) is 11.0. The first-order chi connectivity index (χ1) is 8.92. The van der Waals surface area contributed by atoms with Gasteiger partial charge in [0, 0.05) is 9.50 Å². The molecule has 2 aromatic rings. The van der Waals surface area contributed by atoms with Crippen LogP contribution in [0.3, 0.4) is 0 Å². The molecule has 0 amide bonds. The van der Waals surface area contributed by atoms with Gasteiger partial charge in [-0.25, -0.2) is 8.42 Å². The maximum atomic E-state index is 12.1. The predicted molar refractivity (Wildman–Crippen MR) is 80.2 cm³/mol. The standard InChI is InChI=1S/C11H9BrClNO3S2/c12-9-2-1-8(13)4-10(9)14-19(16,17)11-3-7(5-15)6-18-11/h1-4,6,14-15H,5H2. The molecule has 19 heavy (non-hydrogen) atoms. The van der Waals surface area contributed by atoms with Gasteiger partial charge < -0.3 is 5.11 Å². The monoisotopic (exact) mass is 381 g/mol. The SMILES string of the molecule is O=S(=O)(Nc1cc(Cl)ccc1Br)c1cc(CO)cs1. The van der Waals surface area contributed by atoms with Crippen molar-refractivity contribution < 1.29 is 13.5 Å². The summed E-state index contributed by atoms with van der Waals surface area (Å²) in [4.78, 5) is 0. The van der Waals surface area contributed by atoms with Crippen LogP contribution in [0.15, 0.2) is 38.3 Å². The van der Waals surface area contributed by atoms with Crippen molar-refractivity contribution in [2.75, 3.05) is 4.72 Å². The molecular formula is C11H9BrClNO3S2. The molecule has 102 valence electrons. The minimum atomic E-state index is -3.67. The van der Waals surface area contributed by atoms with Gasteiger partial charge in [0.1, 0.15) is 4.21 Å². The summed E-state index contributed by atoms with van der Waals surface area (Å²) in [5.41, 5.74) is 0.932. The molecule has 0 unspecified atom stereocenters. The summed E-state index contributed by atoms with van der Waals surface area (Å²) in [5.74, 6) is 0. The molecule has 0 aliphatic rings. The normalized spacial score (nSPS) is 11.5. The number of rotatable bonds is 4. The number of anilines is 1. The summed E-state index contributed by atoms with van der Waals surface area (Å²) in [7, 11) is -3.67. The van der Waals surface area contributed by atoms with E-state index in [1.807, 2.05) is 0 Å². The van der Waals surface area contributed by atoms with Crippen molar-refractivity contribution in [2.24, 2.45) is 0 Å². The molecule has 0 spiro atoms.